The van der Waals surface area contributed by atoms with Gasteiger partial charge in [-0.2, -0.15) is 5.26 Å². The van der Waals surface area contributed by atoms with Gasteiger partial charge in [-0.25, -0.2) is 4.39 Å². The van der Waals surface area contributed by atoms with Crippen LogP contribution in [0.1, 0.15) is 11.1 Å². The van der Waals surface area contributed by atoms with Crippen LogP contribution in [0.2, 0.25) is 0 Å². The normalized spacial score (nSPS) is 10.0. The molecule has 0 spiro atoms. The predicted octanol–water partition coefficient (Wildman–Crippen LogP) is 3.57. The highest BCUT2D eigenvalue weighted by molar-refractivity contribution is 7.98. The minimum atomic E-state index is -0.342. The number of hydrogen-bond donors (Lipinski definition) is 1. The maximum absolute atomic E-state index is 13.6. The quantitative estimate of drug-likeness (QED) is 0.676. The third-order valence-corrected chi connectivity index (χ3v) is 3.48. The number of benzene rings is 2. The van der Waals surface area contributed by atoms with Crippen molar-refractivity contribution in [3.8, 4) is 6.07 Å². The van der Waals surface area contributed by atoms with Gasteiger partial charge >= 0.3 is 0 Å². The molecule has 2 rings (SSSR count). The second-order valence-electron chi connectivity index (χ2n) is 3.78. The molecular formula is C14H11FN2S. The molecule has 0 unspecified atom stereocenters. The fourth-order valence-corrected chi connectivity index (χ4v) is 2.45. The van der Waals surface area contributed by atoms with Gasteiger partial charge in [0.15, 0.2) is 0 Å². The Morgan fingerprint density at radius 1 is 1.22 bits per heavy atom. The molecule has 0 heterocycles. The third-order valence-electron chi connectivity index (χ3n) is 2.43. The van der Waals surface area contributed by atoms with Gasteiger partial charge in [-0.3, -0.25) is 0 Å². The number of anilines is 1. The fourth-order valence-electron chi connectivity index (χ4n) is 1.50. The zero-order valence-electron chi connectivity index (χ0n) is 9.56. The summed E-state index contributed by atoms with van der Waals surface area (Å²) in [5, 5.41) is 8.66. The Morgan fingerprint density at radius 2 is 2.06 bits per heavy atom. The lowest BCUT2D eigenvalue weighted by atomic mass is 10.1. The molecule has 4 heteroatoms. The van der Waals surface area contributed by atoms with Crippen molar-refractivity contribution in [1.82, 2.24) is 0 Å². The van der Waals surface area contributed by atoms with Crippen LogP contribution >= 0.6 is 11.8 Å². The molecule has 0 bridgehead atoms. The second kappa shape index (κ2) is 5.56. The Hall–Kier alpha value is -1.99. The number of nitrogens with zero attached hydrogens (tertiary/aromatic N) is 1. The maximum Gasteiger partial charge on any atom is 0.128 e. The zero-order chi connectivity index (χ0) is 13.0. The van der Waals surface area contributed by atoms with Crippen molar-refractivity contribution in [2.75, 3.05) is 5.73 Å². The maximum atomic E-state index is 13.6. The molecule has 0 saturated carbocycles. The van der Waals surface area contributed by atoms with E-state index in [-0.39, 0.29) is 5.82 Å². The molecule has 2 N–H and O–H groups in total. The third kappa shape index (κ3) is 3.02. The molecule has 0 aliphatic rings. The van der Waals surface area contributed by atoms with Crippen molar-refractivity contribution in [1.29, 1.82) is 5.26 Å². The summed E-state index contributed by atoms with van der Waals surface area (Å²) in [5.41, 5.74) is 7.29. The molecule has 0 aliphatic carbocycles. The van der Waals surface area contributed by atoms with Crippen molar-refractivity contribution in [2.24, 2.45) is 0 Å². The van der Waals surface area contributed by atoms with E-state index in [0.29, 0.717) is 22.6 Å². The molecule has 2 aromatic carbocycles. The van der Waals surface area contributed by atoms with Crippen LogP contribution < -0.4 is 5.73 Å². The fraction of sp³-hybridized carbons (Fsp3) is 0.0714. The van der Waals surface area contributed by atoms with Crippen LogP contribution in [0.3, 0.4) is 0 Å². The zero-order valence-corrected chi connectivity index (χ0v) is 10.4. The lowest BCUT2D eigenvalue weighted by Gasteiger charge is -2.04. The number of nitrogens with two attached hydrogens (primary N) is 1. The lowest BCUT2D eigenvalue weighted by Crippen LogP contribution is -1.89. The Balaban J connectivity index is 2.09. The van der Waals surface area contributed by atoms with Gasteiger partial charge in [0, 0.05) is 16.3 Å². The van der Waals surface area contributed by atoms with Gasteiger partial charge in [0.05, 0.1) is 11.6 Å². The highest BCUT2D eigenvalue weighted by Gasteiger charge is 2.04. The summed E-state index contributed by atoms with van der Waals surface area (Å²) in [6, 6.07) is 13.9. The molecule has 90 valence electrons. The van der Waals surface area contributed by atoms with E-state index in [9.17, 15) is 4.39 Å². The number of thioether (sulfide) groups is 1. The molecule has 0 aliphatic heterocycles. The molecule has 2 nitrogen and oxygen atoms in total. The second-order valence-corrected chi connectivity index (χ2v) is 4.83. The van der Waals surface area contributed by atoms with Gasteiger partial charge in [0.1, 0.15) is 5.82 Å². The van der Waals surface area contributed by atoms with Gasteiger partial charge in [-0.1, -0.05) is 12.1 Å². The minimum absolute atomic E-state index is 0.338. The van der Waals surface area contributed by atoms with Gasteiger partial charge in [0.25, 0.3) is 0 Å². The van der Waals surface area contributed by atoms with Crippen LogP contribution in [-0.2, 0) is 5.75 Å². The van der Waals surface area contributed by atoms with E-state index in [2.05, 4.69) is 0 Å². The molecular weight excluding hydrogens is 247 g/mol. The first kappa shape index (κ1) is 12.5. The van der Waals surface area contributed by atoms with Crippen molar-refractivity contribution in [3.05, 3.63) is 59.4 Å². The predicted molar refractivity (Wildman–Crippen MR) is 71.5 cm³/mol. The van der Waals surface area contributed by atoms with Gasteiger partial charge in [0.2, 0.25) is 0 Å². The monoisotopic (exact) mass is 258 g/mol. The largest absolute Gasteiger partial charge is 0.399 e. The summed E-state index contributed by atoms with van der Waals surface area (Å²) in [5.74, 6) is 0.173. The van der Waals surface area contributed by atoms with Crippen LogP contribution in [0.4, 0.5) is 10.1 Å². The average molecular weight is 258 g/mol. The first-order chi connectivity index (χ1) is 8.69. The van der Waals surface area contributed by atoms with E-state index in [1.54, 1.807) is 12.1 Å². The van der Waals surface area contributed by atoms with Crippen molar-refractivity contribution in [3.63, 3.8) is 0 Å². The number of hydrogen-bond acceptors (Lipinski definition) is 3. The Bertz CT molecular complexity index is 605. The summed E-state index contributed by atoms with van der Waals surface area (Å²) < 4.78 is 13.6. The van der Waals surface area contributed by atoms with Crippen LogP contribution in [-0.4, -0.2) is 0 Å². The highest BCUT2D eigenvalue weighted by atomic mass is 32.2. The topological polar surface area (TPSA) is 49.8 Å². The molecule has 0 saturated heterocycles. The number of nitrogen functional groups attached to an aromatic ring is 1. The Kier molecular flexibility index (Phi) is 3.85. The van der Waals surface area contributed by atoms with Crippen LogP contribution in [0.5, 0.6) is 0 Å². The Morgan fingerprint density at radius 3 is 2.72 bits per heavy atom. The summed E-state index contributed by atoms with van der Waals surface area (Å²) in [6.07, 6.45) is 0. The van der Waals surface area contributed by atoms with Gasteiger partial charge in [-0.15, -0.1) is 11.8 Å². The summed E-state index contributed by atoms with van der Waals surface area (Å²) >= 11 is 1.51. The van der Waals surface area contributed by atoms with E-state index < -0.39 is 0 Å². The van der Waals surface area contributed by atoms with E-state index >= 15 is 0 Å². The van der Waals surface area contributed by atoms with Crippen molar-refractivity contribution >= 4 is 17.4 Å². The van der Waals surface area contributed by atoms with Crippen molar-refractivity contribution in [2.45, 2.75) is 10.6 Å². The SMILES string of the molecule is N#Cc1ccc(CSc2cccc(N)c2)c(F)c1. The summed E-state index contributed by atoms with van der Waals surface area (Å²) in [7, 11) is 0. The minimum Gasteiger partial charge on any atom is -0.399 e. The van der Waals surface area contributed by atoms with Gasteiger partial charge in [-0.05, 0) is 35.9 Å². The van der Waals surface area contributed by atoms with Gasteiger partial charge < -0.3 is 5.73 Å². The molecule has 0 amide bonds. The number of halogens is 1. The lowest BCUT2D eigenvalue weighted by molar-refractivity contribution is 0.617. The molecule has 0 fully saturated rings. The Labute approximate surface area is 109 Å². The molecule has 2 aromatic rings. The standard InChI is InChI=1S/C14H11FN2S/c15-14-6-10(8-16)4-5-11(14)9-18-13-3-1-2-12(17)7-13/h1-7H,9,17H2. The average Bonchev–Trinajstić information content (AvgIpc) is 2.37. The van der Waals surface area contributed by atoms with Crippen molar-refractivity contribution < 1.29 is 4.39 Å². The van der Waals surface area contributed by atoms with Crippen LogP contribution in [0.15, 0.2) is 47.4 Å². The number of nitriles is 1. The summed E-state index contributed by atoms with van der Waals surface area (Å²) in [4.78, 5) is 0.999. The van der Waals surface area contributed by atoms with E-state index in [1.807, 2.05) is 30.3 Å². The molecule has 0 radical (unpaired) electrons. The van der Waals surface area contributed by atoms with Crippen LogP contribution in [0, 0.1) is 17.1 Å². The highest BCUT2D eigenvalue weighted by Crippen LogP contribution is 2.25. The first-order valence-electron chi connectivity index (χ1n) is 5.36. The van der Waals surface area contributed by atoms with E-state index in [0.717, 1.165) is 4.90 Å². The van der Waals surface area contributed by atoms with E-state index in [4.69, 9.17) is 11.0 Å². The van der Waals surface area contributed by atoms with Crippen LogP contribution in [0.25, 0.3) is 0 Å². The first-order valence-corrected chi connectivity index (χ1v) is 6.34. The smallest absolute Gasteiger partial charge is 0.128 e. The molecule has 18 heavy (non-hydrogen) atoms. The van der Waals surface area contributed by atoms with E-state index in [1.165, 1.54) is 17.8 Å². The molecule has 0 aromatic heterocycles. The molecule has 0 atom stereocenters. The summed E-state index contributed by atoms with van der Waals surface area (Å²) in [6.45, 7) is 0. The number of rotatable bonds is 3.